The zero-order valence-corrected chi connectivity index (χ0v) is 10.4. The minimum atomic E-state index is -3.01. The van der Waals surface area contributed by atoms with Crippen LogP contribution in [0.1, 0.15) is 16.8 Å². The van der Waals surface area contributed by atoms with Gasteiger partial charge in [0.05, 0.1) is 17.9 Å². The lowest BCUT2D eigenvalue weighted by molar-refractivity contribution is 0.0507. The molecule has 2 N–H and O–H groups in total. The highest BCUT2D eigenvalue weighted by atomic mass is 32.2. The summed E-state index contributed by atoms with van der Waals surface area (Å²) in [4.78, 5) is 11.5. The van der Waals surface area contributed by atoms with Crippen LogP contribution < -0.4 is 5.73 Å². The van der Waals surface area contributed by atoms with Gasteiger partial charge < -0.3 is 10.5 Å². The number of nitrogen functional groups attached to an aromatic ring is 1. The number of hydrogen-bond acceptors (Lipinski definition) is 5. The molecule has 0 aliphatic heterocycles. The summed E-state index contributed by atoms with van der Waals surface area (Å²) in [6, 6.07) is 6.57. The van der Waals surface area contributed by atoms with Crippen LogP contribution in [0.25, 0.3) is 0 Å². The van der Waals surface area contributed by atoms with Crippen LogP contribution >= 0.6 is 0 Å². The van der Waals surface area contributed by atoms with Gasteiger partial charge in [0.25, 0.3) is 0 Å². The van der Waals surface area contributed by atoms with E-state index in [2.05, 4.69) is 0 Å². The third-order valence-electron chi connectivity index (χ3n) is 2.07. The molecule has 17 heavy (non-hydrogen) atoms. The quantitative estimate of drug-likeness (QED) is 0.480. The van der Waals surface area contributed by atoms with Gasteiger partial charge in [-0.15, -0.1) is 0 Å². The zero-order chi connectivity index (χ0) is 12.9. The molecule has 1 aromatic rings. The number of carbonyl (C=O) groups is 1. The van der Waals surface area contributed by atoms with Crippen molar-refractivity contribution in [3.05, 3.63) is 29.8 Å². The second-order valence-electron chi connectivity index (χ2n) is 3.71. The number of benzene rings is 1. The second-order valence-corrected chi connectivity index (χ2v) is 5.97. The van der Waals surface area contributed by atoms with Crippen LogP contribution in [-0.2, 0) is 14.6 Å². The molecule has 0 bridgehead atoms. The Morgan fingerprint density at radius 1 is 1.35 bits per heavy atom. The van der Waals surface area contributed by atoms with E-state index in [-0.39, 0.29) is 18.8 Å². The van der Waals surface area contributed by atoms with Gasteiger partial charge in [-0.2, -0.15) is 0 Å². The molecule has 0 aliphatic carbocycles. The molecule has 94 valence electrons. The van der Waals surface area contributed by atoms with E-state index in [0.717, 1.165) is 6.26 Å². The van der Waals surface area contributed by atoms with Gasteiger partial charge in [0, 0.05) is 11.9 Å². The Morgan fingerprint density at radius 2 is 2.00 bits per heavy atom. The van der Waals surface area contributed by atoms with E-state index >= 15 is 0 Å². The summed E-state index contributed by atoms with van der Waals surface area (Å²) >= 11 is 0. The Bertz CT molecular complexity index is 496. The maximum absolute atomic E-state index is 11.5. The van der Waals surface area contributed by atoms with Gasteiger partial charge in [0.1, 0.15) is 9.84 Å². The van der Waals surface area contributed by atoms with E-state index < -0.39 is 15.8 Å². The average Bonchev–Trinajstić information content (AvgIpc) is 2.23. The van der Waals surface area contributed by atoms with Crippen LogP contribution in [0.5, 0.6) is 0 Å². The number of rotatable bonds is 5. The maximum Gasteiger partial charge on any atom is 0.340 e. The normalized spacial score (nSPS) is 11.1. The van der Waals surface area contributed by atoms with Crippen molar-refractivity contribution in [2.24, 2.45) is 0 Å². The first-order chi connectivity index (χ1) is 7.90. The topological polar surface area (TPSA) is 86.5 Å². The minimum Gasteiger partial charge on any atom is -0.462 e. The molecule has 0 aliphatic rings. The van der Waals surface area contributed by atoms with Crippen molar-refractivity contribution in [1.29, 1.82) is 0 Å². The number of nitrogens with two attached hydrogens (primary N) is 1. The van der Waals surface area contributed by atoms with Gasteiger partial charge in [0.2, 0.25) is 0 Å². The van der Waals surface area contributed by atoms with Gasteiger partial charge in [0.15, 0.2) is 0 Å². The molecule has 0 atom stereocenters. The summed E-state index contributed by atoms with van der Waals surface area (Å²) in [7, 11) is -3.01. The highest BCUT2D eigenvalue weighted by Gasteiger charge is 2.10. The predicted molar refractivity (Wildman–Crippen MR) is 65.5 cm³/mol. The number of sulfone groups is 1. The molecule has 0 aromatic heterocycles. The van der Waals surface area contributed by atoms with Crippen molar-refractivity contribution < 1.29 is 17.9 Å². The Hall–Kier alpha value is -1.56. The lowest BCUT2D eigenvalue weighted by Crippen LogP contribution is -2.12. The predicted octanol–water partition coefficient (Wildman–Crippen LogP) is 0.860. The van der Waals surface area contributed by atoms with Crippen molar-refractivity contribution in [2.75, 3.05) is 24.3 Å². The van der Waals surface area contributed by atoms with Gasteiger partial charge in [-0.25, -0.2) is 13.2 Å². The lowest BCUT2D eigenvalue weighted by Gasteiger charge is -2.06. The van der Waals surface area contributed by atoms with Gasteiger partial charge in [-0.05, 0) is 18.6 Å². The molecule has 0 unspecified atom stereocenters. The van der Waals surface area contributed by atoms with Crippen molar-refractivity contribution >= 4 is 21.5 Å². The van der Waals surface area contributed by atoms with Crippen molar-refractivity contribution in [2.45, 2.75) is 6.42 Å². The van der Waals surface area contributed by atoms with E-state index in [0.29, 0.717) is 11.3 Å². The molecule has 0 heterocycles. The fraction of sp³-hybridized carbons (Fsp3) is 0.364. The van der Waals surface area contributed by atoms with Gasteiger partial charge in [-0.1, -0.05) is 12.1 Å². The number of para-hydroxylation sites is 1. The molecule has 6 heteroatoms. The zero-order valence-electron chi connectivity index (χ0n) is 9.55. The van der Waals surface area contributed by atoms with Crippen molar-refractivity contribution in [1.82, 2.24) is 0 Å². The van der Waals surface area contributed by atoms with Crippen molar-refractivity contribution in [3.63, 3.8) is 0 Å². The summed E-state index contributed by atoms with van der Waals surface area (Å²) in [5, 5.41) is 0. The van der Waals surface area contributed by atoms with Crippen LogP contribution in [0.4, 0.5) is 5.69 Å². The molecular formula is C11H15NO4S. The van der Waals surface area contributed by atoms with E-state index in [9.17, 15) is 13.2 Å². The SMILES string of the molecule is CS(=O)(=O)CCCOC(=O)c1ccccc1N. The summed E-state index contributed by atoms with van der Waals surface area (Å²) < 4.78 is 26.6. The van der Waals surface area contributed by atoms with Gasteiger partial charge in [-0.3, -0.25) is 0 Å². The van der Waals surface area contributed by atoms with Crippen LogP contribution in [-0.4, -0.2) is 33.0 Å². The number of anilines is 1. The Labute approximate surface area is 100 Å². The number of esters is 1. The Kier molecular flexibility index (Phi) is 4.51. The molecule has 5 nitrogen and oxygen atoms in total. The van der Waals surface area contributed by atoms with Crippen LogP contribution in [0.3, 0.4) is 0 Å². The van der Waals surface area contributed by atoms with E-state index in [1.807, 2.05) is 0 Å². The molecule has 0 radical (unpaired) electrons. The fourth-order valence-corrected chi connectivity index (χ4v) is 1.89. The summed E-state index contributed by atoms with van der Waals surface area (Å²) in [5.41, 5.74) is 6.24. The second kappa shape index (κ2) is 5.67. The third kappa shape index (κ3) is 4.86. The molecule has 0 fully saturated rings. The molecule has 0 spiro atoms. The first-order valence-electron chi connectivity index (χ1n) is 5.09. The Morgan fingerprint density at radius 3 is 2.59 bits per heavy atom. The smallest absolute Gasteiger partial charge is 0.340 e. The lowest BCUT2D eigenvalue weighted by atomic mass is 10.2. The molecule has 1 rings (SSSR count). The molecule has 1 aromatic carbocycles. The Balaban J connectivity index is 2.44. The largest absolute Gasteiger partial charge is 0.462 e. The summed E-state index contributed by atoms with van der Waals surface area (Å²) in [6.07, 6.45) is 1.43. The van der Waals surface area contributed by atoms with E-state index in [1.165, 1.54) is 0 Å². The van der Waals surface area contributed by atoms with E-state index in [1.54, 1.807) is 24.3 Å². The molecule has 0 amide bonds. The average molecular weight is 257 g/mol. The van der Waals surface area contributed by atoms with Crippen LogP contribution in [0.2, 0.25) is 0 Å². The number of carbonyl (C=O) groups excluding carboxylic acids is 1. The standard InChI is InChI=1S/C11H15NO4S/c1-17(14,15)8-4-7-16-11(13)9-5-2-3-6-10(9)12/h2-3,5-6H,4,7-8,12H2,1H3. The third-order valence-corrected chi connectivity index (χ3v) is 3.10. The maximum atomic E-state index is 11.5. The fourth-order valence-electron chi connectivity index (χ4n) is 1.25. The minimum absolute atomic E-state index is 0.00452. The van der Waals surface area contributed by atoms with Crippen LogP contribution in [0, 0.1) is 0 Å². The highest BCUT2D eigenvalue weighted by molar-refractivity contribution is 7.90. The molecular weight excluding hydrogens is 242 g/mol. The number of ether oxygens (including phenoxy) is 1. The highest BCUT2D eigenvalue weighted by Crippen LogP contribution is 2.11. The first kappa shape index (κ1) is 13.5. The summed E-state index contributed by atoms with van der Waals surface area (Å²) in [5.74, 6) is -0.526. The number of hydrogen-bond donors (Lipinski definition) is 1. The monoisotopic (exact) mass is 257 g/mol. The first-order valence-corrected chi connectivity index (χ1v) is 7.15. The van der Waals surface area contributed by atoms with Crippen molar-refractivity contribution in [3.8, 4) is 0 Å². The van der Waals surface area contributed by atoms with Gasteiger partial charge >= 0.3 is 5.97 Å². The molecule has 0 saturated heterocycles. The molecule has 0 saturated carbocycles. The van der Waals surface area contributed by atoms with E-state index in [4.69, 9.17) is 10.5 Å². The van der Waals surface area contributed by atoms with Crippen LogP contribution in [0.15, 0.2) is 24.3 Å². The summed E-state index contributed by atoms with van der Waals surface area (Å²) in [6.45, 7) is 0.0697.